The zero-order valence-corrected chi connectivity index (χ0v) is 14.2. The van der Waals surface area contributed by atoms with E-state index in [1.165, 1.54) is 31.2 Å². The molecular formula is C18H24Cl2O. The van der Waals surface area contributed by atoms with Crippen LogP contribution in [0.15, 0.2) is 18.2 Å². The van der Waals surface area contributed by atoms with Crippen molar-refractivity contribution in [3.05, 3.63) is 33.8 Å². The van der Waals surface area contributed by atoms with Crippen LogP contribution in [0.25, 0.3) is 0 Å². The Morgan fingerprint density at radius 2 is 1.62 bits per heavy atom. The highest BCUT2D eigenvalue weighted by Gasteiger charge is 2.46. The summed E-state index contributed by atoms with van der Waals surface area (Å²) in [5, 5.41) is 11.6. The average molecular weight is 327 g/mol. The van der Waals surface area contributed by atoms with E-state index in [4.69, 9.17) is 23.2 Å². The molecule has 0 bridgehead atoms. The first-order valence-electron chi connectivity index (χ1n) is 8.11. The smallest absolute Gasteiger partial charge is 0.0620 e. The molecule has 0 aromatic heterocycles. The maximum Gasteiger partial charge on any atom is 0.0620 e. The fourth-order valence-electron chi connectivity index (χ4n) is 4.45. The summed E-state index contributed by atoms with van der Waals surface area (Å²) in [5.74, 6) is 0.728. The molecule has 0 heterocycles. The van der Waals surface area contributed by atoms with E-state index in [-0.39, 0.29) is 5.41 Å². The molecule has 1 aromatic carbocycles. The predicted octanol–water partition coefficient (Wildman–Crippen LogP) is 5.75. The van der Waals surface area contributed by atoms with Crippen molar-refractivity contribution < 1.29 is 5.11 Å². The summed E-state index contributed by atoms with van der Waals surface area (Å²) in [7, 11) is 0. The molecule has 0 atom stereocenters. The number of rotatable bonds is 2. The first-order valence-corrected chi connectivity index (χ1v) is 8.86. The SMILES string of the molecule is C[C@]1(O)CC[C@@](c2ccc(Cl)c(Cl)c2)(C2CCCC2)CC1. The van der Waals surface area contributed by atoms with Gasteiger partial charge in [-0.25, -0.2) is 0 Å². The number of halogens is 2. The summed E-state index contributed by atoms with van der Waals surface area (Å²) in [6.45, 7) is 1.97. The summed E-state index contributed by atoms with van der Waals surface area (Å²) in [6.07, 6.45) is 9.16. The van der Waals surface area contributed by atoms with E-state index in [9.17, 15) is 5.11 Å². The predicted molar refractivity (Wildman–Crippen MR) is 89.2 cm³/mol. The van der Waals surface area contributed by atoms with Crippen LogP contribution in [0.4, 0.5) is 0 Å². The van der Waals surface area contributed by atoms with Crippen LogP contribution < -0.4 is 0 Å². The van der Waals surface area contributed by atoms with Crippen LogP contribution in [0, 0.1) is 5.92 Å². The Morgan fingerprint density at radius 1 is 1.00 bits per heavy atom. The third-order valence-electron chi connectivity index (χ3n) is 5.85. The Morgan fingerprint density at radius 3 is 2.19 bits per heavy atom. The molecular weight excluding hydrogens is 303 g/mol. The summed E-state index contributed by atoms with van der Waals surface area (Å²) in [6, 6.07) is 6.16. The van der Waals surface area contributed by atoms with Gasteiger partial charge < -0.3 is 5.11 Å². The fourth-order valence-corrected chi connectivity index (χ4v) is 4.75. The lowest BCUT2D eigenvalue weighted by atomic mass is 9.59. The van der Waals surface area contributed by atoms with Gasteiger partial charge in [-0.05, 0) is 74.5 Å². The van der Waals surface area contributed by atoms with Gasteiger partial charge in [-0.3, -0.25) is 0 Å². The number of aliphatic hydroxyl groups is 1. The van der Waals surface area contributed by atoms with Crippen LogP contribution >= 0.6 is 23.2 Å². The minimum atomic E-state index is -0.502. The van der Waals surface area contributed by atoms with Crippen LogP contribution in [-0.2, 0) is 5.41 Å². The maximum absolute atomic E-state index is 10.3. The molecule has 0 unspecified atom stereocenters. The highest BCUT2D eigenvalue weighted by molar-refractivity contribution is 6.42. The Balaban J connectivity index is 1.98. The van der Waals surface area contributed by atoms with Crippen LogP contribution in [-0.4, -0.2) is 10.7 Å². The van der Waals surface area contributed by atoms with Gasteiger partial charge in [-0.15, -0.1) is 0 Å². The Labute approximate surface area is 137 Å². The summed E-state index contributed by atoms with van der Waals surface area (Å²) < 4.78 is 0. The van der Waals surface area contributed by atoms with Gasteiger partial charge in [0, 0.05) is 0 Å². The molecule has 2 aliphatic rings. The van der Waals surface area contributed by atoms with Crippen LogP contribution in [0.5, 0.6) is 0 Å². The Hall–Kier alpha value is -0.240. The second-order valence-corrected chi connectivity index (χ2v) is 8.08. The molecule has 1 aromatic rings. The highest BCUT2D eigenvalue weighted by Crippen LogP contribution is 2.53. The van der Waals surface area contributed by atoms with Gasteiger partial charge in [-0.1, -0.05) is 42.1 Å². The van der Waals surface area contributed by atoms with Crippen LogP contribution in [0.3, 0.4) is 0 Å². The van der Waals surface area contributed by atoms with Crippen molar-refractivity contribution in [2.45, 2.75) is 69.3 Å². The Kier molecular flexibility index (Phi) is 4.29. The summed E-state index contributed by atoms with van der Waals surface area (Å²) in [5.41, 5.74) is 1.02. The minimum absolute atomic E-state index is 0.187. The van der Waals surface area contributed by atoms with Gasteiger partial charge >= 0.3 is 0 Å². The van der Waals surface area contributed by atoms with Gasteiger partial charge in [0.05, 0.1) is 15.6 Å². The van der Waals surface area contributed by atoms with E-state index >= 15 is 0 Å². The number of hydrogen-bond donors (Lipinski definition) is 1. The molecule has 21 heavy (non-hydrogen) atoms. The lowest BCUT2D eigenvalue weighted by Gasteiger charge is -2.47. The zero-order chi connectivity index (χ0) is 15.1. The summed E-state index contributed by atoms with van der Waals surface area (Å²) in [4.78, 5) is 0. The standard InChI is InChI=1S/C18H24Cl2O/c1-17(21)8-10-18(11-9-17,13-4-2-3-5-13)14-6-7-15(19)16(20)12-14/h6-7,12-13,21H,2-5,8-11H2,1H3/t17-,18-. The number of benzene rings is 1. The molecule has 0 spiro atoms. The normalized spacial score (nSPS) is 34.3. The monoisotopic (exact) mass is 326 g/mol. The third kappa shape index (κ3) is 2.98. The van der Waals surface area contributed by atoms with E-state index in [1.54, 1.807) is 0 Å². The van der Waals surface area contributed by atoms with Crippen molar-refractivity contribution in [2.75, 3.05) is 0 Å². The van der Waals surface area contributed by atoms with E-state index < -0.39 is 5.60 Å². The van der Waals surface area contributed by atoms with Crippen molar-refractivity contribution >= 4 is 23.2 Å². The average Bonchev–Trinajstić information content (AvgIpc) is 2.97. The van der Waals surface area contributed by atoms with Gasteiger partial charge in [0.25, 0.3) is 0 Å². The highest BCUT2D eigenvalue weighted by atomic mass is 35.5. The molecule has 2 fully saturated rings. The molecule has 3 rings (SSSR count). The zero-order valence-electron chi connectivity index (χ0n) is 12.7. The second-order valence-electron chi connectivity index (χ2n) is 7.26. The molecule has 3 heteroatoms. The Bertz CT molecular complexity index is 508. The van der Waals surface area contributed by atoms with Gasteiger partial charge in [0.2, 0.25) is 0 Å². The first kappa shape index (κ1) is 15.6. The molecule has 0 saturated heterocycles. The molecule has 0 amide bonds. The van der Waals surface area contributed by atoms with E-state index in [0.717, 1.165) is 31.6 Å². The van der Waals surface area contributed by atoms with Crippen molar-refractivity contribution in [2.24, 2.45) is 5.92 Å². The first-order chi connectivity index (χ1) is 9.93. The van der Waals surface area contributed by atoms with Crippen LogP contribution in [0.1, 0.15) is 63.9 Å². The van der Waals surface area contributed by atoms with E-state index in [1.807, 2.05) is 13.0 Å². The molecule has 1 nitrogen and oxygen atoms in total. The van der Waals surface area contributed by atoms with Crippen molar-refractivity contribution in [3.63, 3.8) is 0 Å². The third-order valence-corrected chi connectivity index (χ3v) is 6.59. The molecule has 1 N–H and O–H groups in total. The largest absolute Gasteiger partial charge is 0.390 e. The van der Waals surface area contributed by atoms with Crippen molar-refractivity contribution in [3.8, 4) is 0 Å². The lowest BCUT2D eigenvalue weighted by molar-refractivity contribution is -0.0118. The second kappa shape index (κ2) is 5.76. The van der Waals surface area contributed by atoms with Gasteiger partial charge in [-0.2, -0.15) is 0 Å². The quantitative estimate of drug-likeness (QED) is 0.733. The fraction of sp³-hybridized carbons (Fsp3) is 0.667. The lowest BCUT2D eigenvalue weighted by Crippen LogP contribution is -2.43. The van der Waals surface area contributed by atoms with E-state index in [2.05, 4.69) is 12.1 Å². The maximum atomic E-state index is 10.3. The molecule has 0 aliphatic heterocycles. The van der Waals surface area contributed by atoms with Crippen LogP contribution in [0.2, 0.25) is 10.0 Å². The van der Waals surface area contributed by atoms with Gasteiger partial charge in [0.15, 0.2) is 0 Å². The minimum Gasteiger partial charge on any atom is -0.390 e. The van der Waals surface area contributed by atoms with Gasteiger partial charge in [0.1, 0.15) is 0 Å². The molecule has 0 radical (unpaired) electrons. The molecule has 116 valence electrons. The van der Waals surface area contributed by atoms with Crippen molar-refractivity contribution in [1.29, 1.82) is 0 Å². The van der Waals surface area contributed by atoms with Crippen molar-refractivity contribution in [1.82, 2.24) is 0 Å². The van der Waals surface area contributed by atoms with E-state index in [0.29, 0.717) is 10.0 Å². The topological polar surface area (TPSA) is 20.2 Å². The molecule has 2 aliphatic carbocycles. The summed E-state index contributed by atoms with van der Waals surface area (Å²) >= 11 is 12.4. The number of hydrogen-bond acceptors (Lipinski definition) is 1. The molecule has 2 saturated carbocycles.